The van der Waals surface area contributed by atoms with E-state index in [0.29, 0.717) is 11.6 Å². The van der Waals surface area contributed by atoms with Crippen LogP contribution in [0.1, 0.15) is 19.5 Å². The first-order valence-electron chi connectivity index (χ1n) is 5.94. The van der Waals surface area contributed by atoms with Gasteiger partial charge >= 0.3 is 0 Å². The Morgan fingerprint density at radius 2 is 1.84 bits per heavy atom. The van der Waals surface area contributed by atoms with Gasteiger partial charge in [-0.25, -0.2) is 0 Å². The van der Waals surface area contributed by atoms with Gasteiger partial charge in [0.05, 0.1) is 12.3 Å². The summed E-state index contributed by atoms with van der Waals surface area (Å²) in [5, 5.41) is 0. The number of aromatic nitrogens is 3. The molecule has 2 rings (SSSR count). The van der Waals surface area contributed by atoms with E-state index in [1.807, 2.05) is 26.8 Å². The van der Waals surface area contributed by atoms with Crippen LogP contribution >= 0.6 is 0 Å². The molecule has 0 saturated heterocycles. The van der Waals surface area contributed by atoms with Gasteiger partial charge in [-0.05, 0) is 32.9 Å². The summed E-state index contributed by atoms with van der Waals surface area (Å²) in [6, 6.07) is 3.64. The lowest BCUT2D eigenvalue weighted by atomic mass is 10.4. The van der Waals surface area contributed by atoms with E-state index in [1.165, 1.54) is 6.33 Å². The van der Waals surface area contributed by atoms with Gasteiger partial charge in [-0.1, -0.05) is 0 Å². The lowest BCUT2D eigenvalue weighted by Gasteiger charge is -2.12. The SMILES string of the molecule is Cc1ccc(Oc2ncnc(OC(C)C)c2N)cn1. The van der Waals surface area contributed by atoms with Gasteiger partial charge < -0.3 is 15.2 Å². The molecule has 0 aliphatic carbocycles. The molecule has 0 unspecified atom stereocenters. The third-order valence-corrected chi connectivity index (χ3v) is 2.26. The highest BCUT2D eigenvalue weighted by molar-refractivity contribution is 5.56. The molecule has 0 fully saturated rings. The maximum absolute atomic E-state index is 5.91. The van der Waals surface area contributed by atoms with Gasteiger partial charge in [0.1, 0.15) is 12.1 Å². The molecule has 2 aromatic rings. The minimum absolute atomic E-state index is 0.0221. The van der Waals surface area contributed by atoms with Gasteiger partial charge in [-0.2, -0.15) is 9.97 Å². The Kier molecular flexibility index (Phi) is 3.79. The van der Waals surface area contributed by atoms with Crippen LogP contribution in [-0.4, -0.2) is 21.1 Å². The van der Waals surface area contributed by atoms with Crippen molar-refractivity contribution in [2.75, 3.05) is 5.73 Å². The molecule has 0 radical (unpaired) electrons. The first-order valence-corrected chi connectivity index (χ1v) is 5.94. The van der Waals surface area contributed by atoms with Crippen LogP contribution in [0.2, 0.25) is 0 Å². The van der Waals surface area contributed by atoms with Crippen LogP contribution in [0.3, 0.4) is 0 Å². The van der Waals surface area contributed by atoms with Gasteiger partial charge in [0.2, 0.25) is 11.8 Å². The summed E-state index contributed by atoms with van der Waals surface area (Å²) in [5.74, 6) is 1.14. The van der Waals surface area contributed by atoms with Gasteiger partial charge in [0, 0.05) is 5.69 Å². The average molecular weight is 260 g/mol. The van der Waals surface area contributed by atoms with Gasteiger partial charge in [0.25, 0.3) is 0 Å². The molecule has 0 aliphatic rings. The minimum Gasteiger partial charge on any atom is -0.473 e. The van der Waals surface area contributed by atoms with Gasteiger partial charge in [-0.3, -0.25) is 4.98 Å². The van der Waals surface area contributed by atoms with E-state index in [-0.39, 0.29) is 17.7 Å². The number of anilines is 1. The summed E-state index contributed by atoms with van der Waals surface area (Å²) in [6.45, 7) is 5.69. The quantitative estimate of drug-likeness (QED) is 0.908. The highest BCUT2D eigenvalue weighted by Crippen LogP contribution is 2.30. The van der Waals surface area contributed by atoms with Gasteiger partial charge in [-0.15, -0.1) is 0 Å². The largest absolute Gasteiger partial charge is 0.473 e. The Hall–Kier alpha value is -2.37. The molecule has 0 aliphatic heterocycles. The van der Waals surface area contributed by atoms with Crippen molar-refractivity contribution in [1.29, 1.82) is 0 Å². The van der Waals surface area contributed by atoms with Crippen LogP contribution in [0.5, 0.6) is 17.5 Å². The van der Waals surface area contributed by atoms with E-state index < -0.39 is 0 Å². The molecule has 6 nitrogen and oxygen atoms in total. The third kappa shape index (κ3) is 3.31. The molecule has 2 N–H and O–H groups in total. The van der Waals surface area contributed by atoms with Crippen LogP contribution in [0.25, 0.3) is 0 Å². The predicted octanol–water partition coefficient (Wildman–Crippen LogP) is 2.34. The lowest BCUT2D eigenvalue weighted by Crippen LogP contribution is -2.10. The Morgan fingerprint density at radius 3 is 2.47 bits per heavy atom. The zero-order valence-corrected chi connectivity index (χ0v) is 11.1. The molecular weight excluding hydrogens is 244 g/mol. The van der Waals surface area contributed by atoms with Crippen LogP contribution in [0.15, 0.2) is 24.7 Å². The van der Waals surface area contributed by atoms with E-state index >= 15 is 0 Å². The fourth-order valence-corrected chi connectivity index (χ4v) is 1.39. The summed E-state index contributed by atoms with van der Waals surface area (Å²) in [6.07, 6.45) is 2.94. The number of rotatable bonds is 4. The second-order valence-electron chi connectivity index (χ2n) is 4.30. The molecule has 0 bridgehead atoms. The predicted molar refractivity (Wildman–Crippen MR) is 71.3 cm³/mol. The molecule has 19 heavy (non-hydrogen) atoms. The second kappa shape index (κ2) is 5.51. The van der Waals surface area contributed by atoms with Crippen molar-refractivity contribution < 1.29 is 9.47 Å². The fourth-order valence-electron chi connectivity index (χ4n) is 1.39. The molecule has 0 saturated carbocycles. The topological polar surface area (TPSA) is 83.2 Å². The number of pyridine rings is 1. The maximum atomic E-state index is 5.91. The highest BCUT2D eigenvalue weighted by atomic mass is 16.5. The van der Waals surface area contributed by atoms with Crippen molar-refractivity contribution in [2.45, 2.75) is 26.9 Å². The van der Waals surface area contributed by atoms with Crippen molar-refractivity contribution in [3.8, 4) is 17.5 Å². The molecule has 100 valence electrons. The number of nitrogens with two attached hydrogens (primary N) is 1. The third-order valence-electron chi connectivity index (χ3n) is 2.26. The number of aryl methyl sites for hydroxylation is 1. The monoisotopic (exact) mass is 260 g/mol. The molecule has 2 aromatic heterocycles. The molecule has 0 spiro atoms. The number of ether oxygens (including phenoxy) is 2. The Balaban J connectivity index is 2.23. The molecule has 2 heterocycles. The first-order chi connectivity index (χ1) is 9.06. The zero-order chi connectivity index (χ0) is 13.8. The Labute approximate surface area is 111 Å². The van der Waals surface area contributed by atoms with E-state index in [2.05, 4.69) is 15.0 Å². The highest BCUT2D eigenvalue weighted by Gasteiger charge is 2.12. The second-order valence-corrected chi connectivity index (χ2v) is 4.30. The minimum atomic E-state index is -0.0221. The molecular formula is C13H16N4O2. The number of hydrogen-bond donors (Lipinski definition) is 1. The summed E-state index contributed by atoms with van der Waals surface area (Å²) in [7, 11) is 0. The number of hydrogen-bond acceptors (Lipinski definition) is 6. The summed E-state index contributed by atoms with van der Waals surface area (Å²) in [5.41, 5.74) is 7.10. The number of nitrogen functional groups attached to an aromatic ring is 1. The summed E-state index contributed by atoms with van der Waals surface area (Å²) in [4.78, 5) is 12.1. The van der Waals surface area contributed by atoms with E-state index in [1.54, 1.807) is 12.3 Å². The summed E-state index contributed by atoms with van der Waals surface area (Å²) < 4.78 is 11.0. The van der Waals surface area contributed by atoms with Crippen LogP contribution in [0, 0.1) is 6.92 Å². The molecule has 6 heteroatoms. The van der Waals surface area contributed by atoms with E-state index in [0.717, 1.165) is 5.69 Å². The normalized spacial score (nSPS) is 10.5. The van der Waals surface area contributed by atoms with Crippen LogP contribution < -0.4 is 15.2 Å². The molecule has 0 amide bonds. The zero-order valence-electron chi connectivity index (χ0n) is 11.1. The van der Waals surface area contributed by atoms with Crippen LogP contribution in [-0.2, 0) is 0 Å². The van der Waals surface area contributed by atoms with Crippen molar-refractivity contribution in [1.82, 2.24) is 15.0 Å². The van der Waals surface area contributed by atoms with Crippen LogP contribution in [0.4, 0.5) is 5.69 Å². The van der Waals surface area contributed by atoms with E-state index in [4.69, 9.17) is 15.2 Å². The fraction of sp³-hybridized carbons (Fsp3) is 0.308. The van der Waals surface area contributed by atoms with E-state index in [9.17, 15) is 0 Å². The smallest absolute Gasteiger partial charge is 0.249 e. The van der Waals surface area contributed by atoms with Crippen molar-refractivity contribution in [3.63, 3.8) is 0 Å². The first kappa shape index (κ1) is 13.1. The maximum Gasteiger partial charge on any atom is 0.249 e. The lowest BCUT2D eigenvalue weighted by molar-refractivity contribution is 0.232. The molecule has 0 atom stereocenters. The van der Waals surface area contributed by atoms with Crippen molar-refractivity contribution in [3.05, 3.63) is 30.4 Å². The van der Waals surface area contributed by atoms with Crippen molar-refractivity contribution in [2.24, 2.45) is 0 Å². The van der Waals surface area contributed by atoms with Crippen molar-refractivity contribution >= 4 is 5.69 Å². The standard InChI is InChI=1S/C13H16N4O2/c1-8(2)18-12-11(14)13(17-7-16-12)19-10-5-4-9(3)15-6-10/h4-8H,14H2,1-3H3. The number of nitrogens with zero attached hydrogens (tertiary/aromatic N) is 3. The molecule has 0 aromatic carbocycles. The summed E-state index contributed by atoms with van der Waals surface area (Å²) >= 11 is 0. The Bertz CT molecular complexity index is 555. The average Bonchev–Trinajstić information content (AvgIpc) is 2.36. The Morgan fingerprint density at radius 1 is 1.11 bits per heavy atom. The van der Waals surface area contributed by atoms with Gasteiger partial charge in [0.15, 0.2) is 5.69 Å².